The molecule has 8 heteroatoms. The summed E-state index contributed by atoms with van der Waals surface area (Å²) in [6, 6.07) is 4.00. The molecule has 1 unspecified atom stereocenters. The maximum absolute atomic E-state index is 12.4. The largest absolute Gasteiger partial charge is 0.378 e. The van der Waals surface area contributed by atoms with E-state index < -0.39 is 0 Å². The van der Waals surface area contributed by atoms with Crippen molar-refractivity contribution in [1.29, 1.82) is 0 Å². The lowest BCUT2D eigenvalue weighted by Gasteiger charge is -2.32. The minimum Gasteiger partial charge on any atom is -0.378 e. The van der Waals surface area contributed by atoms with Crippen LogP contribution in [0.2, 0.25) is 0 Å². The van der Waals surface area contributed by atoms with Crippen LogP contribution in [0.5, 0.6) is 0 Å². The van der Waals surface area contributed by atoms with Crippen LogP contribution in [0.25, 0.3) is 0 Å². The second-order valence-corrected chi connectivity index (χ2v) is 6.83. The van der Waals surface area contributed by atoms with Crippen LogP contribution in [0.1, 0.15) is 28.5 Å². The van der Waals surface area contributed by atoms with Crippen molar-refractivity contribution < 1.29 is 9.53 Å². The van der Waals surface area contributed by atoms with E-state index in [0.717, 1.165) is 41.8 Å². The molecule has 2 aromatic heterocycles. The summed E-state index contributed by atoms with van der Waals surface area (Å²) < 4.78 is 9.78. The summed E-state index contributed by atoms with van der Waals surface area (Å²) in [7, 11) is 1.79. The van der Waals surface area contributed by atoms with E-state index >= 15 is 0 Å². The number of morpholine rings is 1. The molecule has 1 fully saturated rings. The monoisotopic (exact) mass is 361 g/mol. The van der Waals surface area contributed by atoms with Gasteiger partial charge in [-0.1, -0.05) is 6.07 Å². The Kier molecular flexibility index (Phi) is 5.50. The Labute approximate surface area is 151 Å². The molecule has 0 spiro atoms. The minimum atomic E-state index is -0.123. The number of ether oxygens (including phenoxy) is 1. The number of carbonyl (C=O) groups excluding carboxylic acids is 1. The number of carbonyl (C=O) groups is 1. The molecule has 1 aliphatic rings. The van der Waals surface area contributed by atoms with Gasteiger partial charge in [0.1, 0.15) is 10.8 Å². The molecule has 25 heavy (non-hydrogen) atoms. The molecule has 0 aromatic carbocycles. The molecule has 0 saturated carbocycles. The summed E-state index contributed by atoms with van der Waals surface area (Å²) in [6.45, 7) is 6.76. The summed E-state index contributed by atoms with van der Waals surface area (Å²) in [4.78, 5) is 19.1. The first-order chi connectivity index (χ1) is 12.1. The number of aromatic nitrogens is 2. The second-order valence-electron chi connectivity index (χ2n) is 6.06. The molecule has 2 aromatic rings. The number of hydrogen-bond donors (Lipinski definition) is 2. The Morgan fingerprint density at radius 2 is 2.32 bits per heavy atom. The number of pyridine rings is 1. The quantitative estimate of drug-likeness (QED) is 0.848. The molecule has 0 bridgehead atoms. The van der Waals surface area contributed by atoms with E-state index in [1.54, 1.807) is 7.05 Å². The first kappa shape index (κ1) is 17.6. The fourth-order valence-corrected chi connectivity index (χ4v) is 3.56. The number of rotatable bonds is 5. The van der Waals surface area contributed by atoms with Crippen molar-refractivity contribution in [3.8, 4) is 0 Å². The highest BCUT2D eigenvalue weighted by atomic mass is 32.1. The predicted molar refractivity (Wildman–Crippen MR) is 99.4 cm³/mol. The molecular weight excluding hydrogens is 338 g/mol. The summed E-state index contributed by atoms with van der Waals surface area (Å²) in [5, 5.41) is 6.73. The van der Waals surface area contributed by atoms with Crippen LogP contribution in [-0.2, 0) is 11.3 Å². The van der Waals surface area contributed by atoms with E-state index in [1.807, 2.05) is 25.3 Å². The van der Waals surface area contributed by atoms with Crippen LogP contribution in [-0.4, -0.2) is 48.1 Å². The van der Waals surface area contributed by atoms with E-state index in [0.29, 0.717) is 12.1 Å². The van der Waals surface area contributed by atoms with Crippen molar-refractivity contribution in [3.05, 3.63) is 35.2 Å². The van der Waals surface area contributed by atoms with E-state index in [9.17, 15) is 4.79 Å². The second kappa shape index (κ2) is 7.79. The van der Waals surface area contributed by atoms with Crippen LogP contribution in [0.3, 0.4) is 0 Å². The standard InChI is InChI=1S/C17H23N5O2S/c1-11-10-22(6-7-24-11)14-5-4-13(8-19-14)9-20-16(23)15-12(2)21-25-17(15)18-3/h4-5,8,11,18H,6-7,9-10H2,1-3H3,(H,20,23). The van der Waals surface area contributed by atoms with E-state index in [-0.39, 0.29) is 12.0 Å². The van der Waals surface area contributed by atoms with Gasteiger partial charge in [0.2, 0.25) is 0 Å². The first-order valence-electron chi connectivity index (χ1n) is 8.32. The molecule has 0 radical (unpaired) electrons. The Balaban J connectivity index is 1.60. The number of aryl methyl sites for hydroxylation is 1. The van der Waals surface area contributed by atoms with Gasteiger partial charge < -0.3 is 20.3 Å². The number of nitrogens with zero attached hydrogens (tertiary/aromatic N) is 3. The first-order valence-corrected chi connectivity index (χ1v) is 9.09. The third-order valence-corrected chi connectivity index (χ3v) is 5.10. The molecule has 0 aliphatic carbocycles. The smallest absolute Gasteiger partial charge is 0.256 e. The number of hydrogen-bond acceptors (Lipinski definition) is 7. The predicted octanol–water partition coefficient (Wildman–Crippen LogP) is 2.04. The number of nitrogens with one attached hydrogen (secondary N) is 2. The Bertz CT molecular complexity index is 731. The van der Waals surface area contributed by atoms with E-state index in [4.69, 9.17) is 4.74 Å². The van der Waals surface area contributed by atoms with Gasteiger partial charge in [0, 0.05) is 32.9 Å². The van der Waals surface area contributed by atoms with Gasteiger partial charge in [0.05, 0.1) is 24.0 Å². The molecule has 1 amide bonds. The average Bonchev–Trinajstić information content (AvgIpc) is 3.01. The topological polar surface area (TPSA) is 79.4 Å². The molecule has 1 saturated heterocycles. The normalized spacial score (nSPS) is 17.4. The van der Waals surface area contributed by atoms with Gasteiger partial charge in [-0.15, -0.1) is 0 Å². The number of anilines is 2. The van der Waals surface area contributed by atoms with Gasteiger partial charge in [0.25, 0.3) is 5.91 Å². The fourth-order valence-electron chi connectivity index (χ4n) is 2.81. The zero-order chi connectivity index (χ0) is 17.8. The lowest BCUT2D eigenvalue weighted by atomic mass is 10.2. The molecule has 2 N–H and O–H groups in total. The Hall–Kier alpha value is -2.19. The minimum absolute atomic E-state index is 0.123. The van der Waals surface area contributed by atoms with Crippen LogP contribution < -0.4 is 15.5 Å². The summed E-state index contributed by atoms with van der Waals surface area (Å²) >= 11 is 1.29. The van der Waals surface area contributed by atoms with E-state index in [2.05, 4.69) is 31.8 Å². The van der Waals surface area contributed by atoms with Crippen LogP contribution >= 0.6 is 11.5 Å². The summed E-state index contributed by atoms with van der Waals surface area (Å²) in [6.07, 6.45) is 2.03. The maximum Gasteiger partial charge on any atom is 0.256 e. The van der Waals surface area contributed by atoms with Gasteiger partial charge in [-0.2, -0.15) is 4.37 Å². The van der Waals surface area contributed by atoms with Crippen molar-refractivity contribution >= 4 is 28.3 Å². The van der Waals surface area contributed by atoms with Gasteiger partial charge >= 0.3 is 0 Å². The molecular formula is C17H23N5O2S. The third-order valence-electron chi connectivity index (χ3n) is 4.14. The van der Waals surface area contributed by atoms with Crippen molar-refractivity contribution in [3.63, 3.8) is 0 Å². The fraction of sp³-hybridized carbons (Fsp3) is 0.471. The Morgan fingerprint density at radius 3 is 3.00 bits per heavy atom. The van der Waals surface area contributed by atoms with Crippen LogP contribution in [0, 0.1) is 6.92 Å². The van der Waals surface area contributed by atoms with Crippen molar-refractivity contribution in [2.45, 2.75) is 26.5 Å². The molecule has 3 heterocycles. The van der Waals surface area contributed by atoms with E-state index in [1.165, 1.54) is 11.5 Å². The Morgan fingerprint density at radius 1 is 1.48 bits per heavy atom. The SMILES string of the molecule is CNc1snc(C)c1C(=O)NCc1ccc(N2CCOC(C)C2)nc1. The average molecular weight is 361 g/mol. The third kappa shape index (κ3) is 4.08. The molecule has 3 rings (SSSR count). The van der Waals surface area contributed by atoms with Crippen molar-refractivity contribution in [2.75, 3.05) is 37.0 Å². The lowest BCUT2D eigenvalue weighted by Crippen LogP contribution is -2.41. The molecule has 1 aliphatic heterocycles. The van der Waals surface area contributed by atoms with Gasteiger partial charge in [-0.3, -0.25) is 4.79 Å². The molecule has 7 nitrogen and oxygen atoms in total. The number of amides is 1. The van der Waals surface area contributed by atoms with Crippen molar-refractivity contribution in [1.82, 2.24) is 14.7 Å². The molecule has 1 atom stereocenters. The van der Waals surface area contributed by atoms with Gasteiger partial charge in [0.15, 0.2) is 0 Å². The van der Waals surface area contributed by atoms with Gasteiger partial charge in [-0.25, -0.2) is 4.98 Å². The highest BCUT2D eigenvalue weighted by Crippen LogP contribution is 2.23. The van der Waals surface area contributed by atoms with Crippen LogP contribution in [0.4, 0.5) is 10.8 Å². The van der Waals surface area contributed by atoms with Crippen LogP contribution in [0.15, 0.2) is 18.3 Å². The summed E-state index contributed by atoms with van der Waals surface area (Å²) in [5.74, 6) is 0.822. The van der Waals surface area contributed by atoms with Gasteiger partial charge in [-0.05, 0) is 37.0 Å². The zero-order valence-corrected chi connectivity index (χ0v) is 15.5. The maximum atomic E-state index is 12.4. The molecule has 134 valence electrons. The van der Waals surface area contributed by atoms with Crippen molar-refractivity contribution in [2.24, 2.45) is 0 Å². The lowest BCUT2D eigenvalue weighted by molar-refractivity contribution is 0.0529. The highest BCUT2D eigenvalue weighted by molar-refractivity contribution is 7.10. The zero-order valence-electron chi connectivity index (χ0n) is 14.7. The highest BCUT2D eigenvalue weighted by Gasteiger charge is 2.19. The summed E-state index contributed by atoms with van der Waals surface area (Å²) in [5.41, 5.74) is 2.31.